The maximum atomic E-state index is 13.6. The van der Waals surface area contributed by atoms with Gasteiger partial charge in [-0.3, -0.25) is 19.3 Å². The van der Waals surface area contributed by atoms with Crippen LogP contribution >= 0.6 is 0 Å². The van der Waals surface area contributed by atoms with Crippen LogP contribution in [0.15, 0.2) is 67.3 Å². The molecule has 1 aromatic carbocycles. The average Bonchev–Trinajstić information content (AvgIpc) is 3.51. The maximum absolute atomic E-state index is 13.6. The molecule has 0 bridgehead atoms. The fraction of sp³-hybridized carbons (Fsp3) is 0.360. The molecule has 0 unspecified atom stereocenters. The lowest BCUT2D eigenvalue weighted by Crippen LogP contribution is -2.49. The highest BCUT2D eigenvalue weighted by Gasteiger charge is 2.47. The van der Waals surface area contributed by atoms with E-state index >= 15 is 0 Å². The molecule has 2 aromatic heterocycles. The molecule has 3 atom stereocenters. The van der Waals surface area contributed by atoms with E-state index in [-0.39, 0.29) is 35.5 Å². The van der Waals surface area contributed by atoms with E-state index < -0.39 is 0 Å². The highest BCUT2D eigenvalue weighted by molar-refractivity contribution is 5.94. The van der Waals surface area contributed by atoms with Gasteiger partial charge in [0.15, 0.2) is 0 Å². The Hall–Kier alpha value is -3.55. The van der Waals surface area contributed by atoms with Crippen LogP contribution in [-0.2, 0) is 11.3 Å². The van der Waals surface area contributed by atoms with Crippen molar-refractivity contribution >= 4 is 11.8 Å². The highest BCUT2D eigenvalue weighted by atomic mass is 19.1. The smallest absolute Gasteiger partial charge is 0.255 e. The molecule has 0 N–H and O–H groups in total. The molecule has 0 aliphatic carbocycles. The largest absolute Gasteiger partial charge is 0.342 e. The molecule has 3 aromatic rings. The first-order valence-electron chi connectivity index (χ1n) is 11.3. The van der Waals surface area contributed by atoms with Gasteiger partial charge in [-0.15, -0.1) is 0 Å². The molecule has 7 nitrogen and oxygen atoms in total. The third kappa shape index (κ3) is 4.37. The molecule has 2 aliphatic rings. The second kappa shape index (κ2) is 9.13. The van der Waals surface area contributed by atoms with Crippen LogP contribution in [0.2, 0.25) is 0 Å². The van der Waals surface area contributed by atoms with E-state index in [1.165, 1.54) is 12.1 Å². The number of carbonyl (C=O) groups excluding carboxylic acids is 2. The quantitative estimate of drug-likeness (QED) is 0.603. The van der Waals surface area contributed by atoms with E-state index in [0.717, 1.165) is 12.0 Å². The van der Waals surface area contributed by atoms with Gasteiger partial charge in [-0.2, -0.15) is 5.10 Å². The number of piperidine rings is 1. The van der Waals surface area contributed by atoms with Gasteiger partial charge in [-0.05, 0) is 42.3 Å². The summed E-state index contributed by atoms with van der Waals surface area (Å²) in [5.41, 5.74) is 1.56. The first-order valence-corrected chi connectivity index (χ1v) is 11.3. The third-order valence-corrected chi connectivity index (χ3v) is 6.86. The van der Waals surface area contributed by atoms with Crippen LogP contribution in [0.5, 0.6) is 0 Å². The van der Waals surface area contributed by atoms with Crippen LogP contribution in [0.1, 0.15) is 34.7 Å². The van der Waals surface area contributed by atoms with Crippen LogP contribution < -0.4 is 0 Å². The Morgan fingerprint density at radius 3 is 2.64 bits per heavy atom. The number of fused-ring (bicyclic) bond motifs is 1. The van der Waals surface area contributed by atoms with Gasteiger partial charge in [0.2, 0.25) is 5.91 Å². The number of hydrogen-bond acceptors (Lipinski definition) is 4. The molecule has 33 heavy (non-hydrogen) atoms. The monoisotopic (exact) mass is 447 g/mol. The van der Waals surface area contributed by atoms with Crippen molar-refractivity contribution in [2.24, 2.45) is 5.92 Å². The van der Waals surface area contributed by atoms with Gasteiger partial charge in [0.25, 0.3) is 5.91 Å². The number of aryl methyl sites for hydroxylation is 1. The Labute approximate surface area is 191 Å². The lowest BCUT2D eigenvalue weighted by molar-refractivity contribution is -0.133. The van der Waals surface area contributed by atoms with Crippen LogP contribution in [-0.4, -0.2) is 62.1 Å². The van der Waals surface area contributed by atoms with E-state index in [1.54, 1.807) is 47.5 Å². The molecule has 0 saturated carbocycles. The SMILES string of the molecule is O=C(CCn1cccn1)N1CC[C@@H]2[C@H](C1)[C@@H](c1ccc(F)cc1)CN2C(=O)c1cccnc1. The van der Waals surface area contributed by atoms with E-state index in [0.29, 0.717) is 38.2 Å². The topological polar surface area (TPSA) is 71.3 Å². The predicted molar refractivity (Wildman–Crippen MR) is 120 cm³/mol. The van der Waals surface area contributed by atoms with Gasteiger partial charge < -0.3 is 9.80 Å². The molecule has 5 rings (SSSR count). The number of hydrogen-bond donors (Lipinski definition) is 0. The van der Waals surface area contributed by atoms with Crippen molar-refractivity contribution in [3.8, 4) is 0 Å². The summed E-state index contributed by atoms with van der Waals surface area (Å²) in [7, 11) is 0. The summed E-state index contributed by atoms with van der Waals surface area (Å²) >= 11 is 0. The Balaban J connectivity index is 1.36. The number of halogens is 1. The zero-order chi connectivity index (χ0) is 22.8. The number of amides is 2. The van der Waals surface area contributed by atoms with E-state index in [1.807, 2.05) is 22.1 Å². The Bertz CT molecular complexity index is 1100. The van der Waals surface area contributed by atoms with Crippen molar-refractivity contribution in [3.63, 3.8) is 0 Å². The minimum absolute atomic E-state index is 0.0305. The van der Waals surface area contributed by atoms with Crippen molar-refractivity contribution in [2.45, 2.75) is 31.3 Å². The number of carbonyl (C=O) groups is 2. The Kier molecular flexibility index (Phi) is 5.90. The first-order chi connectivity index (χ1) is 16.1. The summed E-state index contributed by atoms with van der Waals surface area (Å²) in [6.45, 7) is 2.29. The standard InChI is InChI=1S/C25H26FN5O2/c26-20-6-4-18(5-7-20)21-17-31(25(33)19-3-1-10-27-15-19)23-8-13-29(16-22(21)23)24(32)9-14-30-12-2-11-28-30/h1-7,10-12,15,21-23H,8-9,13-14,16-17H2/t21-,22-,23-/m1/s1. The van der Waals surface area contributed by atoms with Crippen LogP contribution in [0, 0.1) is 11.7 Å². The average molecular weight is 448 g/mol. The van der Waals surface area contributed by atoms with Crippen LogP contribution in [0.25, 0.3) is 0 Å². The molecule has 0 radical (unpaired) electrons. The lowest BCUT2D eigenvalue weighted by Gasteiger charge is -2.39. The zero-order valence-corrected chi connectivity index (χ0v) is 18.3. The van der Waals surface area contributed by atoms with Gasteiger partial charge in [-0.25, -0.2) is 4.39 Å². The number of pyridine rings is 1. The molecule has 2 amide bonds. The van der Waals surface area contributed by atoms with Crippen LogP contribution in [0.3, 0.4) is 0 Å². The van der Waals surface area contributed by atoms with E-state index in [9.17, 15) is 14.0 Å². The molecule has 2 aliphatic heterocycles. The number of nitrogens with zero attached hydrogens (tertiary/aromatic N) is 5. The molecule has 2 saturated heterocycles. The predicted octanol–water partition coefficient (Wildman–Crippen LogP) is 2.96. The lowest BCUT2D eigenvalue weighted by atomic mass is 9.81. The molecule has 170 valence electrons. The summed E-state index contributed by atoms with van der Waals surface area (Å²) in [5.74, 6) is -0.0907. The van der Waals surface area contributed by atoms with Gasteiger partial charge in [0.05, 0.1) is 5.56 Å². The minimum atomic E-state index is -0.282. The van der Waals surface area contributed by atoms with Gasteiger partial charge >= 0.3 is 0 Å². The minimum Gasteiger partial charge on any atom is -0.342 e. The van der Waals surface area contributed by atoms with Gasteiger partial charge in [0.1, 0.15) is 5.82 Å². The third-order valence-electron chi connectivity index (χ3n) is 6.86. The summed E-state index contributed by atoms with van der Waals surface area (Å²) in [6.07, 6.45) is 7.91. The summed E-state index contributed by atoms with van der Waals surface area (Å²) < 4.78 is 15.3. The maximum Gasteiger partial charge on any atom is 0.255 e. The van der Waals surface area contributed by atoms with Gasteiger partial charge in [0, 0.05) is 75.3 Å². The van der Waals surface area contributed by atoms with E-state index in [4.69, 9.17) is 0 Å². The molecule has 0 spiro atoms. The molecule has 4 heterocycles. The second-order valence-electron chi connectivity index (χ2n) is 8.74. The molecular formula is C25H26FN5O2. The fourth-order valence-corrected chi connectivity index (χ4v) is 5.21. The van der Waals surface area contributed by atoms with Crippen molar-refractivity contribution in [3.05, 3.63) is 84.2 Å². The van der Waals surface area contributed by atoms with Crippen molar-refractivity contribution in [2.75, 3.05) is 19.6 Å². The Morgan fingerprint density at radius 1 is 1.06 bits per heavy atom. The highest BCUT2D eigenvalue weighted by Crippen LogP contribution is 2.42. The molecular weight excluding hydrogens is 421 g/mol. The van der Waals surface area contributed by atoms with Crippen molar-refractivity contribution in [1.29, 1.82) is 0 Å². The van der Waals surface area contributed by atoms with Crippen LogP contribution in [0.4, 0.5) is 4.39 Å². The number of benzene rings is 1. The summed E-state index contributed by atoms with van der Waals surface area (Å²) in [5, 5.41) is 4.17. The summed E-state index contributed by atoms with van der Waals surface area (Å²) in [6, 6.07) is 11.9. The summed E-state index contributed by atoms with van der Waals surface area (Å²) in [4.78, 5) is 34.2. The van der Waals surface area contributed by atoms with Gasteiger partial charge in [-0.1, -0.05) is 12.1 Å². The zero-order valence-electron chi connectivity index (χ0n) is 18.3. The second-order valence-corrected chi connectivity index (χ2v) is 8.74. The van der Waals surface area contributed by atoms with Crippen molar-refractivity contribution < 1.29 is 14.0 Å². The Morgan fingerprint density at radius 2 is 1.91 bits per heavy atom. The molecule has 8 heteroatoms. The normalized spacial score (nSPS) is 22.3. The van der Waals surface area contributed by atoms with Crippen molar-refractivity contribution in [1.82, 2.24) is 24.6 Å². The fourth-order valence-electron chi connectivity index (χ4n) is 5.21. The number of aromatic nitrogens is 3. The number of rotatable bonds is 5. The number of likely N-dealkylation sites (tertiary alicyclic amines) is 2. The first kappa shape index (κ1) is 21.3. The molecule has 2 fully saturated rings. The van der Waals surface area contributed by atoms with E-state index in [2.05, 4.69) is 10.1 Å².